The number of hydrogen-bond acceptors (Lipinski definition) is 4. The van der Waals surface area contributed by atoms with E-state index in [0.717, 1.165) is 70.4 Å². The molecule has 0 radical (unpaired) electrons. The van der Waals surface area contributed by atoms with Crippen molar-refractivity contribution in [1.29, 1.82) is 0 Å². The molecule has 0 saturated carbocycles. The Morgan fingerprint density at radius 2 is 1.79 bits per heavy atom. The van der Waals surface area contributed by atoms with Crippen molar-refractivity contribution in [3.05, 3.63) is 53.7 Å². The SMILES string of the molecule is C#CCCCC(=O)N1CCC(N2CCC(NC(=O)c3cccnc3-c3cccc(C(F)(F)F)c3)CC2)CC1. The van der Waals surface area contributed by atoms with Crippen LogP contribution < -0.4 is 5.32 Å². The van der Waals surface area contributed by atoms with Crippen LogP contribution in [-0.2, 0) is 11.0 Å². The molecule has 2 aliphatic heterocycles. The van der Waals surface area contributed by atoms with Crippen LogP contribution in [0.5, 0.6) is 0 Å². The van der Waals surface area contributed by atoms with Crippen molar-refractivity contribution in [1.82, 2.24) is 20.1 Å². The van der Waals surface area contributed by atoms with Gasteiger partial charge >= 0.3 is 6.18 Å². The first-order valence-corrected chi connectivity index (χ1v) is 13.1. The quantitative estimate of drug-likeness (QED) is 0.418. The first-order chi connectivity index (χ1) is 18.3. The van der Waals surface area contributed by atoms with Crippen molar-refractivity contribution in [2.75, 3.05) is 26.2 Å². The molecule has 0 aliphatic carbocycles. The normalized spacial score (nSPS) is 17.7. The highest BCUT2D eigenvalue weighted by molar-refractivity contribution is 6.00. The minimum absolute atomic E-state index is 0.0221. The molecule has 2 fully saturated rings. The van der Waals surface area contributed by atoms with E-state index < -0.39 is 11.7 Å². The Balaban J connectivity index is 1.29. The fourth-order valence-corrected chi connectivity index (χ4v) is 5.31. The molecule has 0 bridgehead atoms. The number of carbonyl (C=O) groups excluding carboxylic acids is 2. The van der Waals surface area contributed by atoms with Crippen LogP contribution in [0.4, 0.5) is 13.2 Å². The van der Waals surface area contributed by atoms with Gasteiger partial charge < -0.3 is 15.1 Å². The van der Waals surface area contributed by atoms with Gasteiger partial charge in [-0.3, -0.25) is 14.6 Å². The van der Waals surface area contributed by atoms with Gasteiger partial charge in [0, 0.05) is 62.9 Å². The standard InChI is InChI=1S/C29H33F3N4O2/c1-2-3-4-10-26(37)36-18-13-24(14-19-36)35-16-11-23(12-17-35)34-28(38)25-9-6-15-33-27(25)21-7-5-8-22(20-21)29(30,31)32/h1,5-9,15,20,23-24H,3-4,10-14,16-19H2,(H,34,38). The Morgan fingerprint density at radius 1 is 1.05 bits per heavy atom. The van der Waals surface area contributed by atoms with Crippen LogP contribution in [0, 0.1) is 12.3 Å². The number of terminal acetylenes is 1. The minimum Gasteiger partial charge on any atom is -0.349 e. The smallest absolute Gasteiger partial charge is 0.349 e. The molecule has 0 atom stereocenters. The monoisotopic (exact) mass is 526 g/mol. The van der Waals surface area contributed by atoms with E-state index in [1.807, 2.05) is 4.90 Å². The first-order valence-electron chi connectivity index (χ1n) is 13.1. The second kappa shape index (κ2) is 12.4. The predicted octanol–water partition coefficient (Wildman–Crippen LogP) is 4.76. The zero-order valence-corrected chi connectivity index (χ0v) is 21.3. The number of halogens is 3. The van der Waals surface area contributed by atoms with Gasteiger partial charge in [-0.25, -0.2) is 0 Å². The predicted molar refractivity (Wildman–Crippen MR) is 139 cm³/mol. The molecule has 1 aromatic carbocycles. The van der Waals surface area contributed by atoms with Crippen molar-refractivity contribution in [3.63, 3.8) is 0 Å². The maximum absolute atomic E-state index is 13.2. The summed E-state index contributed by atoms with van der Waals surface area (Å²) in [6.45, 7) is 3.21. The molecule has 2 aromatic rings. The van der Waals surface area contributed by atoms with Crippen molar-refractivity contribution in [2.45, 2.75) is 63.2 Å². The van der Waals surface area contributed by atoms with Crippen molar-refractivity contribution < 1.29 is 22.8 Å². The number of piperidine rings is 2. The van der Waals surface area contributed by atoms with Crippen molar-refractivity contribution in [3.8, 4) is 23.6 Å². The number of amides is 2. The molecule has 4 rings (SSSR count). The van der Waals surface area contributed by atoms with E-state index >= 15 is 0 Å². The average Bonchev–Trinajstić information content (AvgIpc) is 2.93. The van der Waals surface area contributed by atoms with Gasteiger partial charge in [-0.05, 0) is 56.4 Å². The summed E-state index contributed by atoms with van der Waals surface area (Å²) in [5, 5.41) is 3.07. The number of benzene rings is 1. The van der Waals surface area contributed by atoms with Gasteiger partial charge in [0.15, 0.2) is 0 Å². The van der Waals surface area contributed by atoms with Gasteiger partial charge in [0.2, 0.25) is 5.91 Å². The second-order valence-corrected chi connectivity index (χ2v) is 9.93. The van der Waals surface area contributed by atoms with Crippen LogP contribution in [0.2, 0.25) is 0 Å². The Kier molecular flexibility index (Phi) is 9.05. The fourth-order valence-electron chi connectivity index (χ4n) is 5.31. The van der Waals surface area contributed by atoms with E-state index in [0.29, 0.717) is 18.9 Å². The summed E-state index contributed by atoms with van der Waals surface area (Å²) >= 11 is 0. The number of aromatic nitrogens is 1. The molecule has 1 aromatic heterocycles. The molecule has 1 N–H and O–H groups in total. The summed E-state index contributed by atoms with van der Waals surface area (Å²) in [5.41, 5.74) is -0.0394. The number of likely N-dealkylation sites (tertiary alicyclic amines) is 2. The Morgan fingerprint density at radius 3 is 2.47 bits per heavy atom. The Labute approximate surface area is 221 Å². The van der Waals surface area contributed by atoms with Gasteiger partial charge in [-0.1, -0.05) is 12.1 Å². The third kappa shape index (κ3) is 6.93. The molecule has 9 heteroatoms. The molecule has 2 amide bonds. The number of unbranched alkanes of at least 4 members (excludes halogenated alkanes) is 1. The molecular formula is C29H33F3N4O2. The highest BCUT2D eigenvalue weighted by Crippen LogP contribution is 2.32. The molecule has 6 nitrogen and oxygen atoms in total. The number of nitrogens with one attached hydrogen (secondary N) is 1. The molecule has 0 spiro atoms. The lowest BCUT2D eigenvalue weighted by atomic mass is 9.97. The van der Waals surface area contributed by atoms with Gasteiger partial charge in [0.25, 0.3) is 5.91 Å². The maximum Gasteiger partial charge on any atom is 0.416 e. The van der Waals surface area contributed by atoms with Crippen LogP contribution in [-0.4, -0.2) is 64.9 Å². The molecular weight excluding hydrogens is 493 g/mol. The van der Waals surface area contributed by atoms with Crippen molar-refractivity contribution >= 4 is 11.8 Å². The zero-order chi connectivity index (χ0) is 27.1. The lowest BCUT2D eigenvalue weighted by Gasteiger charge is -2.42. The van der Waals surface area contributed by atoms with Crippen LogP contribution in [0.25, 0.3) is 11.3 Å². The largest absolute Gasteiger partial charge is 0.416 e. The topological polar surface area (TPSA) is 65.5 Å². The van der Waals surface area contributed by atoms with Crippen LogP contribution in [0.1, 0.15) is 60.9 Å². The van der Waals surface area contributed by atoms with Gasteiger partial charge in [-0.2, -0.15) is 13.2 Å². The number of nitrogens with zero attached hydrogens (tertiary/aromatic N) is 3. The lowest BCUT2D eigenvalue weighted by Crippen LogP contribution is -2.51. The summed E-state index contributed by atoms with van der Waals surface area (Å²) in [4.78, 5) is 34.1. The van der Waals surface area contributed by atoms with E-state index in [9.17, 15) is 22.8 Å². The molecule has 38 heavy (non-hydrogen) atoms. The van der Waals surface area contributed by atoms with E-state index in [1.54, 1.807) is 12.1 Å². The minimum atomic E-state index is -4.48. The van der Waals surface area contributed by atoms with Gasteiger partial charge in [-0.15, -0.1) is 12.3 Å². The Bertz CT molecular complexity index is 1160. The molecule has 2 saturated heterocycles. The van der Waals surface area contributed by atoms with Gasteiger partial charge in [0.1, 0.15) is 0 Å². The van der Waals surface area contributed by atoms with E-state index in [2.05, 4.69) is 21.1 Å². The summed E-state index contributed by atoms with van der Waals surface area (Å²) < 4.78 is 39.6. The van der Waals surface area contributed by atoms with Crippen LogP contribution >= 0.6 is 0 Å². The number of pyridine rings is 1. The van der Waals surface area contributed by atoms with E-state index in [4.69, 9.17) is 6.42 Å². The average molecular weight is 527 g/mol. The van der Waals surface area contributed by atoms with Crippen molar-refractivity contribution in [2.24, 2.45) is 0 Å². The molecule has 202 valence electrons. The summed E-state index contributed by atoms with van der Waals surface area (Å²) in [5.74, 6) is 2.42. The number of alkyl halides is 3. The summed E-state index contributed by atoms with van der Waals surface area (Å²) in [6.07, 6.45) is 7.58. The number of carbonyl (C=O) groups is 2. The maximum atomic E-state index is 13.2. The van der Waals surface area contributed by atoms with E-state index in [1.165, 1.54) is 18.3 Å². The highest BCUT2D eigenvalue weighted by Gasteiger charge is 2.32. The lowest BCUT2D eigenvalue weighted by molar-refractivity contribution is -0.137. The number of hydrogen-bond donors (Lipinski definition) is 1. The first kappa shape index (κ1) is 27.6. The molecule has 3 heterocycles. The summed E-state index contributed by atoms with van der Waals surface area (Å²) in [6, 6.07) is 8.48. The van der Waals surface area contributed by atoms with Gasteiger partial charge in [0.05, 0.1) is 16.8 Å². The third-order valence-corrected chi connectivity index (χ3v) is 7.43. The highest BCUT2D eigenvalue weighted by atomic mass is 19.4. The number of rotatable bonds is 7. The second-order valence-electron chi connectivity index (χ2n) is 9.93. The molecule has 2 aliphatic rings. The zero-order valence-electron chi connectivity index (χ0n) is 21.3. The van der Waals surface area contributed by atoms with Crippen LogP contribution in [0.3, 0.4) is 0 Å². The van der Waals surface area contributed by atoms with E-state index in [-0.39, 0.29) is 34.7 Å². The molecule has 0 unspecified atom stereocenters. The summed E-state index contributed by atoms with van der Waals surface area (Å²) in [7, 11) is 0. The Hall–Kier alpha value is -3.38. The fraction of sp³-hybridized carbons (Fsp3) is 0.483. The van der Waals surface area contributed by atoms with Crippen LogP contribution in [0.15, 0.2) is 42.6 Å². The third-order valence-electron chi connectivity index (χ3n) is 7.43.